The van der Waals surface area contributed by atoms with Crippen LogP contribution in [0.4, 0.5) is 0 Å². The van der Waals surface area contributed by atoms with E-state index in [1.807, 2.05) is 35.3 Å². The molecule has 3 heterocycles. The Morgan fingerprint density at radius 2 is 1.93 bits per heavy atom. The van der Waals surface area contributed by atoms with Gasteiger partial charge in [-0.2, -0.15) is 0 Å². The van der Waals surface area contributed by atoms with Crippen LogP contribution in [-0.2, 0) is 16.0 Å². The van der Waals surface area contributed by atoms with Crippen molar-refractivity contribution in [3.63, 3.8) is 0 Å². The van der Waals surface area contributed by atoms with Gasteiger partial charge in [0.2, 0.25) is 0 Å². The summed E-state index contributed by atoms with van der Waals surface area (Å²) in [6, 6.07) is 15.4. The Bertz CT molecular complexity index is 885. The van der Waals surface area contributed by atoms with Gasteiger partial charge in [0.1, 0.15) is 5.69 Å². The zero-order chi connectivity index (χ0) is 20.1. The molecule has 2 amide bonds. The molecule has 0 saturated carbocycles. The van der Waals surface area contributed by atoms with E-state index >= 15 is 0 Å². The van der Waals surface area contributed by atoms with Gasteiger partial charge in [-0.05, 0) is 24.1 Å². The molecule has 4 rings (SSSR count). The van der Waals surface area contributed by atoms with Gasteiger partial charge in [0, 0.05) is 32.3 Å². The average Bonchev–Trinajstić information content (AvgIpc) is 2.92. The number of benzene rings is 1. The normalized spacial score (nSPS) is 22.0. The number of nitrogens with zero attached hydrogens (tertiary/aromatic N) is 3. The molecule has 1 aromatic carbocycles. The number of pyridine rings is 1. The second kappa shape index (κ2) is 8.57. The fourth-order valence-electron chi connectivity index (χ4n) is 3.90. The minimum atomic E-state index is -1.02. The Labute approximate surface area is 170 Å². The highest BCUT2D eigenvalue weighted by Gasteiger charge is 2.47. The van der Waals surface area contributed by atoms with Crippen molar-refractivity contribution < 1.29 is 14.3 Å². The van der Waals surface area contributed by atoms with Crippen LogP contribution >= 0.6 is 0 Å². The van der Waals surface area contributed by atoms with Crippen LogP contribution in [0.15, 0.2) is 66.9 Å². The molecule has 150 valence electrons. The lowest BCUT2D eigenvalue weighted by Gasteiger charge is -2.42. The highest BCUT2D eigenvalue weighted by atomic mass is 16.5. The summed E-state index contributed by atoms with van der Waals surface area (Å²) in [4.78, 5) is 34.0. The van der Waals surface area contributed by atoms with Crippen molar-refractivity contribution in [2.45, 2.75) is 18.4 Å². The van der Waals surface area contributed by atoms with Gasteiger partial charge in [-0.1, -0.05) is 48.6 Å². The minimum Gasteiger partial charge on any atom is -0.361 e. The molecule has 0 radical (unpaired) electrons. The second-order valence-electron chi connectivity index (χ2n) is 7.45. The van der Waals surface area contributed by atoms with Crippen LogP contribution in [0.5, 0.6) is 0 Å². The lowest BCUT2D eigenvalue weighted by atomic mass is 9.95. The molecule has 2 aromatic rings. The summed E-state index contributed by atoms with van der Waals surface area (Å²) in [5, 5.41) is 0. The summed E-state index contributed by atoms with van der Waals surface area (Å²) < 4.78 is 6.04. The molecule has 6 nitrogen and oxygen atoms in total. The number of aromatic nitrogens is 1. The molecule has 0 N–H and O–H groups in total. The number of morpholine rings is 1. The first-order valence-electron chi connectivity index (χ1n) is 10.0. The molecule has 1 saturated heterocycles. The van der Waals surface area contributed by atoms with E-state index in [9.17, 15) is 9.59 Å². The summed E-state index contributed by atoms with van der Waals surface area (Å²) in [5.41, 5.74) is 0.563. The zero-order valence-electron chi connectivity index (χ0n) is 16.4. The van der Waals surface area contributed by atoms with Crippen molar-refractivity contribution in [2.75, 3.05) is 32.8 Å². The van der Waals surface area contributed by atoms with Crippen molar-refractivity contribution in [3.05, 3.63) is 78.1 Å². The highest BCUT2D eigenvalue weighted by Crippen LogP contribution is 2.28. The van der Waals surface area contributed by atoms with Crippen molar-refractivity contribution in [1.29, 1.82) is 0 Å². The van der Waals surface area contributed by atoms with Crippen LogP contribution in [0.3, 0.4) is 0 Å². The van der Waals surface area contributed by atoms with Crippen LogP contribution in [0.1, 0.15) is 22.5 Å². The lowest BCUT2D eigenvalue weighted by molar-refractivity contribution is -0.166. The van der Waals surface area contributed by atoms with E-state index in [1.165, 1.54) is 5.56 Å². The van der Waals surface area contributed by atoms with Gasteiger partial charge in [-0.15, -0.1) is 0 Å². The number of hydrogen-bond donors (Lipinski definition) is 0. The number of ether oxygens (including phenoxy) is 1. The Morgan fingerprint density at radius 1 is 1.10 bits per heavy atom. The monoisotopic (exact) mass is 391 g/mol. The van der Waals surface area contributed by atoms with Crippen LogP contribution < -0.4 is 0 Å². The quantitative estimate of drug-likeness (QED) is 0.751. The van der Waals surface area contributed by atoms with Gasteiger partial charge in [0.05, 0.1) is 13.2 Å². The molecule has 6 heteroatoms. The number of rotatable bonds is 4. The maximum Gasteiger partial charge on any atom is 0.272 e. The maximum absolute atomic E-state index is 13.5. The summed E-state index contributed by atoms with van der Waals surface area (Å²) in [6.45, 7) is 2.22. The Hall–Kier alpha value is -2.99. The molecule has 0 bridgehead atoms. The third-order valence-electron chi connectivity index (χ3n) is 5.49. The lowest BCUT2D eigenvalue weighted by Crippen LogP contribution is -2.61. The second-order valence-corrected chi connectivity index (χ2v) is 7.45. The molecule has 2 aliphatic rings. The molecule has 2 aliphatic heterocycles. The first-order chi connectivity index (χ1) is 14.2. The van der Waals surface area contributed by atoms with Gasteiger partial charge >= 0.3 is 0 Å². The maximum atomic E-state index is 13.5. The Morgan fingerprint density at radius 3 is 2.72 bits per heavy atom. The van der Waals surface area contributed by atoms with Crippen LogP contribution in [0.25, 0.3) is 0 Å². The van der Waals surface area contributed by atoms with E-state index in [-0.39, 0.29) is 18.4 Å². The van der Waals surface area contributed by atoms with Crippen molar-refractivity contribution >= 4 is 11.8 Å². The predicted molar refractivity (Wildman–Crippen MR) is 109 cm³/mol. The van der Waals surface area contributed by atoms with E-state index in [4.69, 9.17) is 4.74 Å². The van der Waals surface area contributed by atoms with Crippen molar-refractivity contribution in [1.82, 2.24) is 14.8 Å². The average molecular weight is 391 g/mol. The summed E-state index contributed by atoms with van der Waals surface area (Å²) in [5.74, 6) is -0.206. The smallest absolute Gasteiger partial charge is 0.272 e. The first-order valence-corrected chi connectivity index (χ1v) is 10.0. The molecule has 1 aromatic heterocycles. The molecular weight excluding hydrogens is 366 g/mol. The molecule has 1 atom stereocenters. The number of hydrogen-bond acceptors (Lipinski definition) is 4. The van der Waals surface area contributed by atoms with Crippen molar-refractivity contribution in [2.24, 2.45) is 0 Å². The van der Waals surface area contributed by atoms with Gasteiger partial charge in [0.25, 0.3) is 11.8 Å². The van der Waals surface area contributed by atoms with Crippen LogP contribution in [-0.4, -0.2) is 65.0 Å². The molecule has 1 spiro atoms. The van der Waals surface area contributed by atoms with E-state index in [1.54, 1.807) is 29.3 Å². The first kappa shape index (κ1) is 19.3. The van der Waals surface area contributed by atoms with E-state index in [0.717, 1.165) is 6.42 Å². The number of carbonyl (C=O) groups excluding carboxylic acids is 2. The van der Waals surface area contributed by atoms with Crippen LogP contribution in [0.2, 0.25) is 0 Å². The van der Waals surface area contributed by atoms with E-state index in [2.05, 4.69) is 17.1 Å². The summed E-state index contributed by atoms with van der Waals surface area (Å²) in [6.07, 6.45) is 6.87. The fourth-order valence-corrected chi connectivity index (χ4v) is 3.90. The van der Waals surface area contributed by atoms with Gasteiger partial charge in [-0.25, -0.2) is 0 Å². The number of amides is 2. The summed E-state index contributed by atoms with van der Waals surface area (Å²) >= 11 is 0. The summed E-state index contributed by atoms with van der Waals surface area (Å²) in [7, 11) is 0. The van der Waals surface area contributed by atoms with E-state index in [0.29, 0.717) is 38.4 Å². The minimum absolute atomic E-state index is 0.0445. The van der Waals surface area contributed by atoms with E-state index < -0.39 is 5.60 Å². The molecule has 0 unspecified atom stereocenters. The predicted octanol–water partition coefficient (Wildman–Crippen LogP) is 2.32. The Kier molecular flexibility index (Phi) is 5.71. The molecule has 29 heavy (non-hydrogen) atoms. The van der Waals surface area contributed by atoms with Gasteiger partial charge in [-0.3, -0.25) is 14.6 Å². The standard InChI is InChI=1S/C23H25N3O3/c27-21(20-10-4-6-13-24-20)26-16-17-29-23(18-26)12-5-7-14-25(22(23)28)15-11-19-8-2-1-3-9-19/h1-10,13H,11-12,14-18H2/t23-/m1/s1. The van der Waals surface area contributed by atoms with Gasteiger partial charge < -0.3 is 14.5 Å². The zero-order valence-corrected chi connectivity index (χ0v) is 16.4. The Balaban J connectivity index is 1.49. The molecular formula is C23H25N3O3. The van der Waals surface area contributed by atoms with Crippen molar-refractivity contribution in [3.8, 4) is 0 Å². The fraction of sp³-hybridized carbons (Fsp3) is 0.348. The largest absolute Gasteiger partial charge is 0.361 e. The third kappa shape index (κ3) is 4.22. The SMILES string of the molecule is O=C(c1ccccn1)N1CCO[C@]2(CC=CCN(CCc3ccccc3)C2=O)C1. The highest BCUT2D eigenvalue weighted by molar-refractivity contribution is 5.94. The third-order valence-corrected chi connectivity index (χ3v) is 5.49. The van der Waals surface area contributed by atoms with Gasteiger partial charge in [0.15, 0.2) is 5.60 Å². The topological polar surface area (TPSA) is 62.7 Å². The molecule has 1 fully saturated rings. The van der Waals surface area contributed by atoms with Crippen LogP contribution in [0, 0.1) is 0 Å². The number of carbonyl (C=O) groups is 2. The molecule has 0 aliphatic carbocycles.